The molecule has 0 amide bonds. The van der Waals surface area contributed by atoms with Crippen LogP contribution in [0.1, 0.15) is 11.4 Å². The van der Waals surface area contributed by atoms with Crippen LogP contribution in [0.25, 0.3) is 22.5 Å². The van der Waals surface area contributed by atoms with Crippen molar-refractivity contribution in [2.45, 2.75) is 20.5 Å². The molecule has 0 saturated carbocycles. The molecular weight excluding hydrogens is 382 g/mol. The van der Waals surface area contributed by atoms with Crippen LogP contribution >= 0.6 is 11.6 Å². The molecule has 7 heteroatoms. The number of benzene rings is 2. The van der Waals surface area contributed by atoms with Crippen LogP contribution in [0.5, 0.6) is 0 Å². The fraction of sp³-hybridized carbons (Fsp3) is 0.143. The van der Waals surface area contributed by atoms with Crippen molar-refractivity contribution in [3.63, 3.8) is 0 Å². The summed E-state index contributed by atoms with van der Waals surface area (Å²) in [7, 11) is 0. The average molecular weight is 399 g/mol. The molecule has 4 nitrogen and oxygen atoms in total. The normalized spacial score (nSPS) is 11.2. The van der Waals surface area contributed by atoms with E-state index in [2.05, 4.69) is 10.2 Å². The van der Waals surface area contributed by atoms with Gasteiger partial charge in [-0.1, -0.05) is 11.6 Å². The molecule has 0 aliphatic carbocycles. The lowest BCUT2D eigenvalue weighted by atomic mass is 10.1. The van der Waals surface area contributed by atoms with Crippen molar-refractivity contribution < 1.29 is 8.78 Å². The van der Waals surface area contributed by atoms with Crippen molar-refractivity contribution in [3.8, 4) is 22.5 Å². The zero-order valence-corrected chi connectivity index (χ0v) is 16.1. The standard InChI is InChI=1S/C21H17ClF2N4/c1-13-21(22)14(2)27(25-13)12-28-20(16-5-9-18(24)10-6-16)11-19(26-28)15-3-7-17(23)8-4-15/h3-11H,12H2,1-2H3. The molecule has 0 atom stereocenters. The van der Waals surface area contributed by atoms with Gasteiger partial charge in [0.1, 0.15) is 18.3 Å². The van der Waals surface area contributed by atoms with Gasteiger partial charge in [-0.3, -0.25) is 0 Å². The van der Waals surface area contributed by atoms with Gasteiger partial charge in [-0.2, -0.15) is 10.2 Å². The number of rotatable bonds is 4. The monoisotopic (exact) mass is 398 g/mol. The van der Waals surface area contributed by atoms with Gasteiger partial charge in [-0.15, -0.1) is 0 Å². The number of nitrogens with zero attached hydrogens (tertiary/aromatic N) is 4. The van der Waals surface area contributed by atoms with Gasteiger partial charge in [0, 0.05) is 11.1 Å². The van der Waals surface area contributed by atoms with Gasteiger partial charge in [-0.05, 0) is 68.4 Å². The van der Waals surface area contributed by atoms with E-state index in [-0.39, 0.29) is 11.6 Å². The third-order valence-electron chi connectivity index (χ3n) is 4.62. The molecule has 0 fully saturated rings. The Kier molecular flexibility index (Phi) is 4.73. The van der Waals surface area contributed by atoms with Crippen molar-refractivity contribution in [1.29, 1.82) is 0 Å². The molecule has 0 radical (unpaired) electrons. The van der Waals surface area contributed by atoms with E-state index in [1.54, 1.807) is 33.6 Å². The van der Waals surface area contributed by atoms with E-state index in [4.69, 9.17) is 11.6 Å². The van der Waals surface area contributed by atoms with Crippen LogP contribution in [0.4, 0.5) is 8.78 Å². The Morgan fingerprint density at radius 1 is 0.821 bits per heavy atom. The van der Waals surface area contributed by atoms with Gasteiger partial charge in [-0.25, -0.2) is 18.1 Å². The Morgan fingerprint density at radius 3 is 1.93 bits per heavy atom. The van der Waals surface area contributed by atoms with E-state index in [1.807, 2.05) is 19.9 Å². The predicted molar refractivity (Wildman–Crippen MR) is 105 cm³/mol. The number of aryl methyl sites for hydroxylation is 1. The summed E-state index contributed by atoms with van der Waals surface area (Å²) in [5, 5.41) is 9.76. The SMILES string of the molecule is Cc1nn(Cn2nc(-c3ccc(F)cc3)cc2-c2ccc(F)cc2)c(C)c1Cl. The van der Waals surface area contributed by atoms with Gasteiger partial charge < -0.3 is 0 Å². The fourth-order valence-corrected chi connectivity index (χ4v) is 3.21. The lowest BCUT2D eigenvalue weighted by Crippen LogP contribution is -2.13. The van der Waals surface area contributed by atoms with Gasteiger partial charge in [0.15, 0.2) is 0 Å². The summed E-state index contributed by atoms with van der Waals surface area (Å²) in [6.07, 6.45) is 0. The lowest BCUT2D eigenvalue weighted by molar-refractivity contribution is 0.496. The summed E-state index contributed by atoms with van der Waals surface area (Å²) in [6.45, 7) is 4.08. The van der Waals surface area contributed by atoms with Crippen molar-refractivity contribution >= 4 is 11.6 Å². The van der Waals surface area contributed by atoms with E-state index in [9.17, 15) is 8.78 Å². The number of hydrogen-bond acceptors (Lipinski definition) is 2. The quantitative estimate of drug-likeness (QED) is 0.457. The molecule has 0 aliphatic rings. The molecule has 2 aromatic heterocycles. The third kappa shape index (κ3) is 3.43. The maximum Gasteiger partial charge on any atom is 0.134 e. The first kappa shape index (κ1) is 18.4. The van der Waals surface area contributed by atoms with Crippen molar-refractivity contribution in [2.75, 3.05) is 0 Å². The van der Waals surface area contributed by atoms with Gasteiger partial charge in [0.2, 0.25) is 0 Å². The molecule has 0 bridgehead atoms. The molecular formula is C21H17ClF2N4. The largest absolute Gasteiger partial charge is 0.246 e. The van der Waals surface area contributed by atoms with Crippen LogP contribution in [-0.2, 0) is 6.67 Å². The minimum absolute atomic E-state index is 0.306. The second-order valence-corrected chi connectivity index (χ2v) is 6.93. The molecule has 142 valence electrons. The van der Waals surface area contributed by atoms with Crippen LogP contribution in [0, 0.1) is 25.5 Å². The van der Waals surface area contributed by atoms with Crippen LogP contribution < -0.4 is 0 Å². The lowest BCUT2D eigenvalue weighted by Gasteiger charge is -2.09. The second-order valence-electron chi connectivity index (χ2n) is 6.55. The zero-order valence-electron chi connectivity index (χ0n) is 15.3. The molecule has 0 N–H and O–H groups in total. The molecule has 0 unspecified atom stereocenters. The predicted octanol–water partition coefficient (Wildman–Crippen LogP) is 5.47. The number of aromatic nitrogens is 4. The molecule has 28 heavy (non-hydrogen) atoms. The Labute approximate surface area is 166 Å². The number of hydrogen-bond donors (Lipinski definition) is 0. The summed E-state index contributed by atoms with van der Waals surface area (Å²) in [6, 6.07) is 14.3. The fourth-order valence-electron chi connectivity index (χ4n) is 3.08. The van der Waals surface area contributed by atoms with Crippen LogP contribution in [0.3, 0.4) is 0 Å². The van der Waals surface area contributed by atoms with E-state index in [0.29, 0.717) is 17.4 Å². The topological polar surface area (TPSA) is 35.6 Å². The molecule has 0 aliphatic heterocycles. The van der Waals surface area contributed by atoms with E-state index in [1.165, 1.54) is 24.3 Å². The number of halogens is 3. The Hall–Kier alpha value is -2.99. The van der Waals surface area contributed by atoms with E-state index >= 15 is 0 Å². The molecule has 4 rings (SSSR count). The second kappa shape index (κ2) is 7.20. The molecule has 4 aromatic rings. The highest BCUT2D eigenvalue weighted by Crippen LogP contribution is 2.27. The van der Waals surface area contributed by atoms with E-state index < -0.39 is 0 Å². The van der Waals surface area contributed by atoms with E-state index in [0.717, 1.165) is 28.2 Å². The minimum atomic E-state index is -0.307. The van der Waals surface area contributed by atoms with Crippen LogP contribution in [-0.4, -0.2) is 19.6 Å². The highest BCUT2D eigenvalue weighted by atomic mass is 35.5. The smallest absolute Gasteiger partial charge is 0.134 e. The van der Waals surface area contributed by atoms with Crippen LogP contribution in [0.15, 0.2) is 54.6 Å². The zero-order chi connectivity index (χ0) is 19.8. The molecule has 0 saturated heterocycles. The Morgan fingerprint density at radius 2 is 1.39 bits per heavy atom. The van der Waals surface area contributed by atoms with Gasteiger partial charge in [0.05, 0.1) is 27.8 Å². The van der Waals surface area contributed by atoms with Crippen LogP contribution in [0.2, 0.25) is 5.02 Å². The van der Waals surface area contributed by atoms with Crippen molar-refractivity contribution in [2.24, 2.45) is 0 Å². The summed E-state index contributed by atoms with van der Waals surface area (Å²) in [5.74, 6) is -0.613. The molecule has 2 aromatic carbocycles. The van der Waals surface area contributed by atoms with Crippen molar-refractivity contribution in [1.82, 2.24) is 19.6 Å². The highest BCUT2D eigenvalue weighted by molar-refractivity contribution is 6.31. The summed E-state index contributed by atoms with van der Waals surface area (Å²) < 4.78 is 30.2. The summed E-state index contributed by atoms with van der Waals surface area (Å²) in [4.78, 5) is 0. The first-order valence-corrected chi connectivity index (χ1v) is 9.09. The van der Waals surface area contributed by atoms with Crippen molar-refractivity contribution in [3.05, 3.63) is 82.6 Å². The summed E-state index contributed by atoms with van der Waals surface area (Å²) in [5.41, 5.74) is 4.66. The first-order valence-electron chi connectivity index (χ1n) is 8.71. The average Bonchev–Trinajstić information content (AvgIpc) is 3.20. The minimum Gasteiger partial charge on any atom is -0.246 e. The first-order chi connectivity index (χ1) is 13.4. The maximum atomic E-state index is 13.4. The highest BCUT2D eigenvalue weighted by Gasteiger charge is 2.15. The molecule has 0 spiro atoms. The summed E-state index contributed by atoms with van der Waals surface area (Å²) >= 11 is 6.26. The Bertz CT molecular complexity index is 1130. The maximum absolute atomic E-state index is 13.4. The van der Waals surface area contributed by atoms with Gasteiger partial charge in [0.25, 0.3) is 0 Å². The molecule has 2 heterocycles. The Balaban J connectivity index is 1.81. The third-order valence-corrected chi connectivity index (χ3v) is 5.17. The van der Waals surface area contributed by atoms with Gasteiger partial charge >= 0.3 is 0 Å².